The molecule has 94 valence electrons. The Bertz CT molecular complexity index is 540. The fraction of sp³-hybridized carbons (Fsp3) is 0.286. The van der Waals surface area contributed by atoms with Crippen molar-refractivity contribution in [1.82, 2.24) is 9.97 Å². The minimum absolute atomic E-state index is 0.661. The largest absolute Gasteiger partial charge is 0.494 e. The van der Waals surface area contributed by atoms with E-state index in [1.807, 2.05) is 45.2 Å². The first-order valence-electron chi connectivity index (χ1n) is 5.98. The smallest absolute Gasteiger partial charge is 0.132 e. The molecule has 0 atom stereocenters. The van der Waals surface area contributed by atoms with Gasteiger partial charge >= 0.3 is 0 Å². The van der Waals surface area contributed by atoms with Crippen LogP contribution in [-0.2, 0) is 0 Å². The maximum absolute atomic E-state index is 5.51. The van der Waals surface area contributed by atoms with Crippen molar-refractivity contribution in [3.8, 4) is 17.0 Å². The minimum atomic E-state index is 0.661. The van der Waals surface area contributed by atoms with E-state index in [4.69, 9.17) is 4.74 Å². The van der Waals surface area contributed by atoms with Gasteiger partial charge in [0.05, 0.1) is 12.3 Å². The lowest BCUT2D eigenvalue weighted by molar-refractivity contribution is 0.340. The lowest BCUT2D eigenvalue weighted by atomic mass is 10.1. The molecule has 0 aliphatic rings. The molecule has 0 bridgehead atoms. The zero-order valence-corrected chi connectivity index (χ0v) is 10.9. The van der Waals surface area contributed by atoms with E-state index >= 15 is 0 Å². The van der Waals surface area contributed by atoms with E-state index in [9.17, 15) is 0 Å². The van der Waals surface area contributed by atoms with E-state index < -0.39 is 0 Å². The van der Waals surface area contributed by atoms with Crippen LogP contribution in [0.25, 0.3) is 11.3 Å². The molecule has 1 N–H and O–H groups in total. The van der Waals surface area contributed by atoms with Crippen LogP contribution in [0.15, 0.2) is 30.6 Å². The monoisotopic (exact) mass is 243 g/mol. The van der Waals surface area contributed by atoms with E-state index in [2.05, 4.69) is 15.3 Å². The Kier molecular flexibility index (Phi) is 3.77. The van der Waals surface area contributed by atoms with Gasteiger partial charge in [-0.3, -0.25) is 0 Å². The highest BCUT2D eigenvalue weighted by molar-refractivity contribution is 5.68. The van der Waals surface area contributed by atoms with Crippen LogP contribution >= 0.6 is 0 Å². The number of ether oxygens (including phenoxy) is 1. The van der Waals surface area contributed by atoms with Crippen LogP contribution in [0, 0.1) is 6.92 Å². The number of nitrogens with one attached hydrogen (secondary N) is 1. The summed E-state index contributed by atoms with van der Waals surface area (Å²) >= 11 is 0. The maximum atomic E-state index is 5.51. The molecule has 0 unspecified atom stereocenters. The molecule has 0 saturated carbocycles. The zero-order chi connectivity index (χ0) is 13.0. The second kappa shape index (κ2) is 5.49. The van der Waals surface area contributed by atoms with Crippen LogP contribution in [0.1, 0.15) is 12.5 Å². The van der Waals surface area contributed by atoms with Gasteiger partial charge in [0.2, 0.25) is 0 Å². The molecule has 0 aliphatic heterocycles. The molecule has 0 radical (unpaired) electrons. The van der Waals surface area contributed by atoms with E-state index in [0.29, 0.717) is 6.61 Å². The number of anilines is 1. The normalized spacial score (nSPS) is 10.2. The molecule has 4 nitrogen and oxygen atoms in total. The molecule has 1 aromatic carbocycles. The van der Waals surface area contributed by atoms with Gasteiger partial charge in [-0.25, -0.2) is 9.97 Å². The summed E-state index contributed by atoms with van der Waals surface area (Å²) in [6.07, 6.45) is 1.57. The Hall–Kier alpha value is -2.10. The zero-order valence-electron chi connectivity index (χ0n) is 10.9. The summed E-state index contributed by atoms with van der Waals surface area (Å²) in [5.41, 5.74) is 3.00. The lowest BCUT2D eigenvalue weighted by Gasteiger charge is -2.10. The molecule has 0 spiro atoms. The average molecular weight is 243 g/mol. The summed E-state index contributed by atoms with van der Waals surface area (Å²) in [5, 5.41) is 3.06. The Morgan fingerprint density at radius 3 is 2.83 bits per heavy atom. The molecule has 0 fully saturated rings. The van der Waals surface area contributed by atoms with Gasteiger partial charge in [0, 0.05) is 18.2 Å². The molecule has 1 heterocycles. The topological polar surface area (TPSA) is 47.0 Å². The highest BCUT2D eigenvalue weighted by Gasteiger charge is 2.08. The van der Waals surface area contributed by atoms with Crippen molar-refractivity contribution >= 4 is 5.82 Å². The van der Waals surface area contributed by atoms with Gasteiger partial charge in [-0.15, -0.1) is 0 Å². The summed E-state index contributed by atoms with van der Waals surface area (Å²) in [6, 6.07) is 7.94. The summed E-state index contributed by atoms with van der Waals surface area (Å²) in [7, 11) is 1.86. The molecule has 2 rings (SSSR count). The Balaban J connectivity index is 2.45. The molecule has 0 amide bonds. The molecule has 0 saturated heterocycles. The second-order valence-corrected chi connectivity index (χ2v) is 3.91. The number of benzene rings is 1. The molecule has 1 aromatic heterocycles. The van der Waals surface area contributed by atoms with E-state index in [-0.39, 0.29) is 0 Å². The van der Waals surface area contributed by atoms with Crippen LogP contribution in [-0.4, -0.2) is 23.6 Å². The van der Waals surface area contributed by atoms with Crippen molar-refractivity contribution in [3.05, 3.63) is 36.2 Å². The van der Waals surface area contributed by atoms with Crippen LogP contribution in [0.5, 0.6) is 5.75 Å². The van der Waals surface area contributed by atoms with Gasteiger partial charge in [-0.05, 0) is 26.0 Å². The summed E-state index contributed by atoms with van der Waals surface area (Å²) in [4.78, 5) is 8.54. The maximum Gasteiger partial charge on any atom is 0.132 e. The number of aromatic nitrogens is 2. The van der Waals surface area contributed by atoms with E-state index in [0.717, 1.165) is 28.4 Å². The van der Waals surface area contributed by atoms with E-state index in [1.165, 1.54) is 0 Å². The Labute approximate surface area is 107 Å². The predicted octanol–water partition coefficient (Wildman–Crippen LogP) is 2.89. The van der Waals surface area contributed by atoms with Crippen molar-refractivity contribution in [1.29, 1.82) is 0 Å². The molecule has 2 aromatic rings. The Morgan fingerprint density at radius 2 is 2.11 bits per heavy atom. The average Bonchev–Trinajstić information content (AvgIpc) is 2.40. The van der Waals surface area contributed by atoms with Crippen LogP contribution < -0.4 is 10.1 Å². The highest BCUT2D eigenvalue weighted by atomic mass is 16.5. The van der Waals surface area contributed by atoms with Gasteiger partial charge < -0.3 is 10.1 Å². The summed E-state index contributed by atoms with van der Waals surface area (Å²) in [6.45, 7) is 4.64. The lowest BCUT2D eigenvalue weighted by Crippen LogP contribution is -1.99. The van der Waals surface area contributed by atoms with Crippen molar-refractivity contribution in [2.45, 2.75) is 13.8 Å². The molecule has 18 heavy (non-hydrogen) atoms. The summed E-state index contributed by atoms with van der Waals surface area (Å²) in [5.74, 6) is 1.71. The van der Waals surface area contributed by atoms with Crippen LogP contribution in [0.2, 0.25) is 0 Å². The number of hydrogen-bond donors (Lipinski definition) is 1. The molecule has 4 heteroatoms. The molecular formula is C14H17N3O. The minimum Gasteiger partial charge on any atom is -0.494 e. The SMILES string of the molecule is CCOc1cccc(-c2ncnc(NC)c2C)c1. The Morgan fingerprint density at radius 1 is 1.28 bits per heavy atom. The van der Waals surface area contributed by atoms with E-state index in [1.54, 1.807) is 6.33 Å². The van der Waals surface area contributed by atoms with Crippen LogP contribution in [0.3, 0.4) is 0 Å². The van der Waals surface area contributed by atoms with Gasteiger partial charge in [0.1, 0.15) is 17.9 Å². The van der Waals surface area contributed by atoms with Gasteiger partial charge in [-0.2, -0.15) is 0 Å². The van der Waals surface area contributed by atoms with Crippen molar-refractivity contribution in [2.24, 2.45) is 0 Å². The van der Waals surface area contributed by atoms with Crippen molar-refractivity contribution < 1.29 is 4.74 Å². The number of hydrogen-bond acceptors (Lipinski definition) is 4. The quantitative estimate of drug-likeness (QED) is 0.897. The molecular weight excluding hydrogens is 226 g/mol. The predicted molar refractivity (Wildman–Crippen MR) is 72.9 cm³/mol. The third-order valence-corrected chi connectivity index (χ3v) is 2.74. The van der Waals surface area contributed by atoms with Crippen molar-refractivity contribution in [3.63, 3.8) is 0 Å². The third-order valence-electron chi connectivity index (χ3n) is 2.74. The van der Waals surface area contributed by atoms with Gasteiger partial charge in [-0.1, -0.05) is 12.1 Å². The fourth-order valence-electron chi connectivity index (χ4n) is 1.89. The van der Waals surface area contributed by atoms with Gasteiger partial charge in [0.25, 0.3) is 0 Å². The number of nitrogens with zero attached hydrogens (tertiary/aromatic N) is 2. The fourth-order valence-corrected chi connectivity index (χ4v) is 1.89. The van der Waals surface area contributed by atoms with Crippen LogP contribution in [0.4, 0.5) is 5.82 Å². The number of rotatable bonds is 4. The first-order chi connectivity index (χ1) is 8.76. The first-order valence-corrected chi connectivity index (χ1v) is 5.98. The summed E-state index contributed by atoms with van der Waals surface area (Å²) < 4.78 is 5.51. The standard InChI is InChI=1S/C14H17N3O/c1-4-18-12-7-5-6-11(8-12)13-10(2)14(15-3)17-9-16-13/h5-9H,4H2,1-3H3,(H,15,16,17). The molecule has 0 aliphatic carbocycles. The first kappa shape index (κ1) is 12.4. The second-order valence-electron chi connectivity index (χ2n) is 3.91. The van der Waals surface area contributed by atoms with Crippen molar-refractivity contribution in [2.75, 3.05) is 19.0 Å². The third kappa shape index (κ3) is 2.42. The van der Waals surface area contributed by atoms with Gasteiger partial charge in [0.15, 0.2) is 0 Å². The highest BCUT2D eigenvalue weighted by Crippen LogP contribution is 2.27.